The summed E-state index contributed by atoms with van der Waals surface area (Å²) in [4.78, 5) is 0.139. The molecule has 22 heavy (non-hydrogen) atoms. The summed E-state index contributed by atoms with van der Waals surface area (Å²) in [6.45, 7) is 0.782. The summed E-state index contributed by atoms with van der Waals surface area (Å²) in [5.41, 5.74) is 0.498. The number of anilines is 1. The van der Waals surface area contributed by atoms with Crippen LogP contribution in [0.25, 0.3) is 0 Å². The standard InChI is InChI=1S/C14H16N4O3S/c1-21-8-2-7-18-22(19,20)14-5-3-13(4-6-14)17-11-12(9-15)10-16/h3-6,11,17-18H,2,7-8H2,1H3. The number of ether oxygens (including phenoxy) is 1. The molecule has 0 atom stereocenters. The van der Waals surface area contributed by atoms with Crippen molar-refractivity contribution in [2.75, 3.05) is 25.6 Å². The number of nitriles is 2. The molecule has 0 heterocycles. The van der Waals surface area contributed by atoms with Crippen molar-refractivity contribution in [3.05, 3.63) is 36.0 Å². The van der Waals surface area contributed by atoms with Gasteiger partial charge in [-0.15, -0.1) is 0 Å². The average molecular weight is 320 g/mol. The van der Waals surface area contributed by atoms with Gasteiger partial charge in [-0.05, 0) is 30.7 Å². The van der Waals surface area contributed by atoms with E-state index in [4.69, 9.17) is 15.3 Å². The van der Waals surface area contributed by atoms with E-state index in [9.17, 15) is 8.42 Å². The highest BCUT2D eigenvalue weighted by molar-refractivity contribution is 7.89. The minimum absolute atomic E-state index is 0.0727. The van der Waals surface area contributed by atoms with E-state index in [1.807, 2.05) is 0 Å². The Balaban J connectivity index is 2.70. The molecule has 0 bridgehead atoms. The van der Waals surface area contributed by atoms with Gasteiger partial charge in [0.05, 0.1) is 4.90 Å². The fraction of sp³-hybridized carbons (Fsp3) is 0.286. The lowest BCUT2D eigenvalue weighted by Crippen LogP contribution is -2.25. The van der Waals surface area contributed by atoms with E-state index in [-0.39, 0.29) is 10.5 Å². The van der Waals surface area contributed by atoms with Crippen LogP contribution in [-0.2, 0) is 14.8 Å². The van der Waals surface area contributed by atoms with Crippen molar-refractivity contribution in [1.29, 1.82) is 10.5 Å². The van der Waals surface area contributed by atoms with Crippen LogP contribution < -0.4 is 10.0 Å². The molecular formula is C14H16N4O3S. The number of benzene rings is 1. The van der Waals surface area contributed by atoms with E-state index >= 15 is 0 Å². The third-order valence-electron chi connectivity index (χ3n) is 2.61. The first-order valence-electron chi connectivity index (χ1n) is 6.39. The maximum atomic E-state index is 12.0. The fourth-order valence-corrected chi connectivity index (χ4v) is 2.56. The minimum atomic E-state index is -3.55. The van der Waals surface area contributed by atoms with Crippen LogP contribution in [0.15, 0.2) is 40.9 Å². The molecule has 8 heteroatoms. The average Bonchev–Trinajstić information content (AvgIpc) is 2.53. The predicted molar refractivity (Wildman–Crippen MR) is 81.1 cm³/mol. The van der Waals surface area contributed by atoms with Crippen molar-refractivity contribution < 1.29 is 13.2 Å². The van der Waals surface area contributed by atoms with E-state index in [0.717, 1.165) is 0 Å². The zero-order chi connectivity index (χ0) is 16.4. The third kappa shape index (κ3) is 5.54. The van der Waals surface area contributed by atoms with Gasteiger partial charge in [0.25, 0.3) is 0 Å². The fourth-order valence-electron chi connectivity index (χ4n) is 1.48. The first kappa shape index (κ1) is 17.7. The number of hydrogen-bond acceptors (Lipinski definition) is 6. The van der Waals surface area contributed by atoms with Crippen molar-refractivity contribution >= 4 is 15.7 Å². The monoisotopic (exact) mass is 320 g/mol. The predicted octanol–water partition coefficient (Wildman–Crippen LogP) is 1.34. The van der Waals surface area contributed by atoms with E-state index in [1.54, 1.807) is 31.4 Å². The van der Waals surface area contributed by atoms with E-state index in [2.05, 4.69) is 10.0 Å². The summed E-state index contributed by atoms with van der Waals surface area (Å²) < 4.78 is 31.3. The second kappa shape index (κ2) is 8.80. The number of allylic oxidation sites excluding steroid dienone is 1. The minimum Gasteiger partial charge on any atom is -0.385 e. The molecule has 0 aliphatic rings. The number of sulfonamides is 1. The smallest absolute Gasteiger partial charge is 0.240 e. The molecule has 2 N–H and O–H groups in total. The first-order valence-corrected chi connectivity index (χ1v) is 7.87. The number of hydrogen-bond donors (Lipinski definition) is 2. The van der Waals surface area contributed by atoms with Gasteiger partial charge in [-0.3, -0.25) is 0 Å². The molecule has 0 fully saturated rings. The molecule has 0 unspecified atom stereocenters. The van der Waals surface area contributed by atoms with Crippen LogP contribution in [0, 0.1) is 22.7 Å². The molecule has 116 valence electrons. The molecule has 0 aliphatic heterocycles. The van der Waals surface area contributed by atoms with Crippen LogP contribution >= 0.6 is 0 Å². The molecule has 0 saturated carbocycles. The van der Waals surface area contributed by atoms with Crippen LogP contribution in [0.5, 0.6) is 0 Å². The van der Waals surface area contributed by atoms with E-state index in [0.29, 0.717) is 25.3 Å². The van der Waals surface area contributed by atoms with Gasteiger partial charge in [0.1, 0.15) is 17.7 Å². The SMILES string of the molecule is COCCCNS(=O)(=O)c1ccc(NC=C(C#N)C#N)cc1. The van der Waals surface area contributed by atoms with Crippen LogP contribution in [0.1, 0.15) is 6.42 Å². The van der Waals surface area contributed by atoms with Gasteiger partial charge >= 0.3 is 0 Å². The van der Waals surface area contributed by atoms with Crippen LogP contribution in [0.3, 0.4) is 0 Å². The van der Waals surface area contributed by atoms with E-state index < -0.39 is 10.0 Å². The van der Waals surface area contributed by atoms with Gasteiger partial charge in [-0.1, -0.05) is 0 Å². The lowest BCUT2D eigenvalue weighted by molar-refractivity contribution is 0.196. The van der Waals surface area contributed by atoms with Crippen molar-refractivity contribution in [2.24, 2.45) is 0 Å². The Morgan fingerprint density at radius 2 is 1.91 bits per heavy atom. The van der Waals surface area contributed by atoms with Crippen molar-refractivity contribution in [3.63, 3.8) is 0 Å². The Labute approximate surface area is 129 Å². The maximum Gasteiger partial charge on any atom is 0.240 e. The molecule has 0 aliphatic carbocycles. The Hall–Kier alpha value is -2.39. The molecule has 0 amide bonds. The quantitative estimate of drug-likeness (QED) is 0.552. The molecule has 0 saturated heterocycles. The number of rotatable bonds is 8. The lowest BCUT2D eigenvalue weighted by atomic mass is 10.3. The summed E-state index contributed by atoms with van der Waals surface area (Å²) in [5, 5.41) is 19.9. The summed E-state index contributed by atoms with van der Waals surface area (Å²) in [7, 11) is -2.00. The summed E-state index contributed by atoms with van der Waals surface area (Å²) in [5.74, 6) is 0. The molecule has 1 rings (SSSR count). The second-order valence-electron chi connectivity index (χ2n) is 4.19. The molecule has 0 spiro atoms. The Morgan fingerprint density at radius 3 is 2.45 bits per heavy atom. The summed E-state index contributed by atoms with van der Waals surface area (Å²) in [6.07, 6.45) is 1.85. The highest BCUT2D eigenvalue weighted by Gasteiger charge is 2.12. The zero-order valence-electron chi connectivity index (χ0n) is 12.0. The Bertz CT molecular complexity index is 681. The van der Waals surface area contributed by atoms with Crippen molar-refractivity contribution in [1.82, 2.24) is 4.72 Å². The number of nitrogens with one attached hydrogen (secondary N) is 2. The van der Waals surface area contributed by atoms with E-state index in [1.165, 1.54) is 18.3 Å². The molecular weight excluding hydrogens is 304 g/mol. The largest absolute Gasteiger partial charge is 0.385 e. The van der Waals surface area contributed by atoms with Gasteiger partial charge < -0.3 is 10.1 Å². The number of methoxy groups -OCH3 is 1. The molecule has 1 aromatic carbocycles. The summed E-state index contributed by atoms with van der Waals surface area (Å²) in [6, 6.07) is 9.40. The van der Waals surface area contributed by atoms with Crippen LogP contribution in [-0.4, -0.2) is 28.7 Å². The highest BCUT2D eigenvalue weighted by Crippen LogP contribution is 2.14. The molecule has 7 nitrogen and oxygen atoms in total. The normalized spacial score (nSPS) is 10.3. The van der Waals surface area contributed by atoms with Crippen LogP contribution in [0.2, 0.25) is 0 Å². The zero-order valence-corrected chi connectivity index (χ0v) is 12.9. The third-order valence-corrected chi connectivity index (χ3v) is 4.08. The van der Waals surface area contributed by atoms with Gasteiger partial charge in [-0.2, -0.15) is 10.5 Å². The van der Waals surface area contributed by atoms with Gasteiger partial charge in [-0.25, -0.2) is 13.1 Å². The topological polar surface area (TPSA) is 115 Å². The molecule has 0 radical (unpaired) electrons. The van der Waals surface area contributed by atoms with Gasteiger partial charge in [0.2, 0.25) is 10.0 Å². The Morgan fingerprint density at radius 1 is 1.27 bits per heavy atom. The Kier molecular flexibility index (Phi) is 7.06. The lowest BCUT2D eigenvalue weighted by Gasteiger charge is -2.07. The highest BCUT2D eigenvalue weighted by atomic mass is 32.2. The van der Waals surface area contributed by atoms with Crippen molar-refractivity contribution in [3.8, 4) is 12.1 Å². The maximum absolute atomic E-state index is 12.0. The van der Waals surface area contributed by atoms with Crippen LogP contribution in [0.4, 0.5) is 5.69 Å². The van der Waals surface area contributed by atoms with Crippen molar-refractivity contribution in [2.45, 2.75) is 11.3 Å². The number of nitrogens with zero attached hydrogens (tertiary/aromatic N) is 2. The summed E-state index contributed by atoms with van der Waals surface area (Å²) >= 11 is 0. The first-order chi connectivity index (χ1) is 10.5. The van der Waals surface area contributed by atoms with Gasteiger partial charge in [0.15, 0.2) is 0 Å². The molecule has 0 aromatic heterocycles. The van der Waals surface area contributed by atoms with Gasteiger partial charge in [0, 0.05) is 32.1 Å². The second-order valence-corrected chi connectivity index (χ2v) is 5.96. The molecule has 1 aromatic rings.